The van der Waals surface area contributed by atoms with E-state index in [9.17, 15) is 19.1 Å². The smallest absolute Gasteiger partial charge is 0.318 e. The first-order chi connectivity index (χ1) is 17.7. The molecule has 15 heteroatoms. The number of hydrogen-bond acceptors (Lipinski definition) is 11. The minimum absolute atomic E-state index is 0.00145. The number of aliphatic hydroxyl groups excluding tert-OH is 1. The number of nitrogens with two attached hydrogens (primary N) is 1. The van der Waals surface area contributed by atoms with E-state index in [0.29, 0.717) is 5.82 Å². The number of aromatic nitrogens is 5. The van der Waals surface area contributed by atoms with Gasteiger partial charge in [0.05, 0.1) is 20.3 Å². The van der Waals surface area contributed by atoms with E-state index in [0.717, 1.165) is 6.07 Å². The lowest BCUT2D eigenvalue weighted by molar-refractivity contribution is -0.170. The van der Waals surface area contributed by atoms with Gasteiger partial charge in [0.1, 0.15) is 11.2 Å². The Morgan fingerprint density at radius 3 is 2.95 bits per heavy atom. The van der Waals surface area contributed by atoms with Crippen molar-refractivity contribution in [3.05, 3.63) is 42.5 Å². The number of rotatable bonds is 6. The Morgan fingerprint density at radius 2 is 2.16 bits per heavy atom. The molecule has 192 valence electrons. The maximum atomic E-state index is 14.4. The molecular formula is C22H21FN8O6. The van der Waals surface area contributed by atoms with Gasteiger partial charge in [-0.1, -0.05) is 5.16 Å². The minimum Gasteiger partial charge on any atom is -0.467 e. The number of carbonyl (C=O) groups is 2. The summed E-state index contributed by atoms with van der Waals surface area (Å²) in [5, 5.41) is 21.0. The van der Waals surface area contributed by atoms with Gasteiger partial charge in [-0.05, 0) is 13.0 Å². The molecule has 0 aliphatic carbocycles. The van der Waals surface area contributed by atoms with Crippen LogP contribution in [0.3, 0.4) is 0 Å². The Labute approximate surface area is 207 Å². The summed E-state index contributed by atoms with van der Waals surface area (Å²) < 4.78 is 31.3. The number of benzene rings is 1. The zero-order valence-corrected chi connectivity index (χ0v) is 19.6. The molecule has 3 aromatic heterocycles. The van der Waals surface area contributed by atoms with Crippen LogP contribution in [0, 0.1) is 5.82 Å². The number of amides is 2. The third-order valence-corrected chi connectivity index (χ3v) is 5.86. The van der Waals surface area contributed by atoms with E-state index in [1.165, 1.54) is 35.9 Å². The number of anilines is 3. The number of carbonyl (C=O) groups excluding carboxylic acids is 2. The quantitative estimate of drug-likeness (QED) is 0.330. The van der Waals surface area contributed by atoms with Crippen LogP contribution in [0.25, 0.3) is 16.8 Å². The van der Waals surface area contributed by atoms with E-state index in [-0.39, 0.29) is 47.5 Å². The van der Waals surface area contributed by atoms with E-state index < -0.39 is 29.3 Å². The van der Waals surface area contributed by atoms with Crippen LogP contribution in [-0.4, -0.2) is 73.8 Å². The standard InChI is InChI=1S/C22H21FN8O6/c1-22(17(32)19(33)26-11-9-12(23)16-13(10-11)37-29-18(16)24)20(34)30(7-8-36-22)15-4-6-31(28-15)14-3-5-25-21(27-14)35-2/h3-6,9-10,17,32H,7-8H2,1-2H3,(H2,24,29)(H,26,33)/t17?,22-/m1/s1. The topological polar surface area (TPSA) is 184 Å². The second-order valence-electron chi connectivity index (χ2n) is 8.22. The fourth-order valence-corrected chi connectivity index (χ4v) is 3.92. The maximum Gasteiger partial charge on any atom is 0.318 e. The highest BCUT2D eigenvalue weighted by Crippen LogP contribution is 2.30. The van der Waals surface area contributed by atoms with Gasteiger partial charge in [0.15, 0.2) is 34.7 Å². The predicted octanol–water partition coefficient (Wildman–Crippen LogP) is 0.655. The fourth-order valence-electron chi connectivity index (χ4n) is 3.92. The molecule has 14 nitrogen and oxygen atoms in total. The summed E-state index contributed by atoms with van der Waals surface area (Å²) in [6.07, 6.45) is 1.13. The van der Waals surface area contributed by atoms with Crippen molar-refractivity contribution in [2.24, 2.45) is 0 Å². The Kier molecular flexibility index (Phi) is 5.93. The molecular weight excluding hydrogens is 491 g/mol. The molecule has 1 fully saturated rings. The van der Waals surface area contributed by atoms with Crippen molar-refractivity contribution in [2.75, 3.05) is 36.2 Å². The molecule has 1 aliphatic heterocycles. The van der Waals surface area contributed by atoms with Gasteiger partial charge in [-0.15, -0.1) is 5.10 Å². The maximum absolute atomic E-state index is 14.4. The first-order valence-corrected chi connectivity index (χ1v) is 10.9. The molecule has 4 N–H and O–H groups in total. The second-order valence-corrected chi connectivity index (χ2v) is 8.22. The van der Waals surface area contributed by atoms with E-state index >= 15 is 0 Å². The van der Waals surface area contributed by atoms with Crippen molar-refractivity contribution in [2.45, 2.75) is 18.6 Å². The molecule has 2 amide bonds. The molecule has 1 unspecified atom stereocenters. The fraction of sp³-hybridized carbons (Fsp3) is 0.273. The number of nitrogen functional groups attached to an aromatic ring is 1. The van der Waals surface area contributed by atoms with Gasteiger partial charge in [0.25, 0.3) is 11.8 Å². The van der Waals surface area contributed by atoms with Crippen LogP contribution in [0.15, 0.2) is 41.2 Å². The van der Waals surface area contributed by atoms with Crippen molar-refractivity contribution in [3.63, 3.8) is 0 Å². The Balaban J connectivity index is 1.35. The minimum atomic E-state index is -1.95. The lowest BCUT2D eigenvalue weighted by atomic mass is 9.94. The molecule has 1 saturated heterocycles. The molecule has 0 spiro atoms. The number of ether oxygens (including phenoxy) is 2. The Morgan fingerprint density at radius 1 is 1.35 bits per heavy atom. The first-order valence-electron chi connectivity index (χ1n) is 10.9. The van der Waals surface area contributed by atoms with Crippen LogP contribution < -0.4 is 20.7 Å². The van der Waals surface area contributed by atoms with Crippen molar-refractivity contribution in [1.82, 2.24) is 24.9 Å². The van der Waals surface area contributed by atoms with Crippen LogP contribution in [0.5, 0.6) is 6.01 Å². The third-order valence-electron chi connectivity index (χ3n) is 5.86. The average Bonchev–Trinajstić information content (AvgIpc) is 3.52. The molecule has 37 heavy (non-hydrogen) atoms. The van der Waals surface area contributed by atoms with Crippen molar-refractivity contribution in [3.8, 4) is 11.8 Å². The molecule has 5 rings (SSSR count). The number of fused-ring (bicyclic) bond motifs is 1. The molecule has 0 radical (unpaired) electrons. The summed E-state index contributed by atoms with van der Waals surface area (Å²) in [7, 11) is 1.43. The van der Waals surface area contributed by atoms with E-state index in [2.05, 4.69) is 25.5 Å². The molecule has 2 atom stereocenters. The van der Waals surface area contributed by atoms with Crippen molar-refractivity contribution < 1.29 is 33.1 Å². The number of nitrogens with one attached hydrogen (secondary N) is 1. The summed E-state index contributed by atoms with van der Waals surface area (Å²) in [6.45, 7) is 1.43. The van der Waals surface area contributed by atoms with E-state index in [4.69, 9.17) is 19.7 Å². The lowest BCUT2D eigenvalue weighted by Gasteiger charge is -2.40. The average molecular weight is 512 g/mol. The van der Waals surface area contributed by atoms with Crippen LogP contribution >= 0.6 is 0 Å². The largest absolute Gasteiger partial charge is 0.467 e. The highest BCUT2D eigenvalue weighted by atomic mass is 19.1. The molecule has 4 heterocycles. The lowest BCUT2D eigenvalue weighted by Crippen LogP contribution is -2.63. The monoisotopic (exact) mass is 512 g/mol. The van der Waals surface area contributed by atoms with Gasteiger partial charge in [0, 0.05) is 36.3 Å². The van der Waals surface area contributed by atoms with Crippen LogP contribution in [-0.2, 0) is 14.3 Å². The molecule has 4 aromatic rings. The molecule has 0 saturated carbocycles. The summed E-state index contributed by atoms with van der Waals surface area (Å²) in [5.74, 6) is -1.96. The highest BCUT2D eigenvalue weighted by molar-refractivity contribution is 6.06. The zero-order valence-electron chi connectivity index (χ0n) is 19.6. The number of morpholine rings is 1. The van der Waals surface area contributed by atoms with E-state index in [1.54, 1.807) is 18.3 Å². The number of hydrogen-bond donors (Lipinski definition) is 3. The van der Waals surface area contributed by atoms with Crippen molar-refractivity contribution >= 4 is 40.1 Å². The summed E-state index contributed by atoms with van der Waals surface area (Å²) >= 11 is 0. The zero-order chi connectivity index (χ0) is 26.3. The number of aliphatic hydroxyl groups is 1. The first kappa shape index (κ1) is 24.1. The van der Waals surface area contributed by atoms with Crippen molar-refractivity contribution in [1.29, 1.82) is 0 Å². The predicted molar refractivity (Wildman–Crippen MR) is 125 cm³/mol. The Hall–Kier alpha value is -4.63. The number of nitrogens with zero attached hydrogens (tertiary/aromatic N) is 6. The number of methoxy groups -OCH3 is 1. The molecule has 1 aromatic carbocycles. The van der Waals surface area contributed by atoms with Crippen LogP contribution in [0.1, 0.15) is 6.92 Å². The van der Waals surface area contributed by atoms with Crippen LogP contribution in [0.2, 0.25) is 0 Å². The normalized spacial score (nSPS) is 18.7. The summed E-state index contributed by atoms with van der Waals surface area (Å²) in [5.41, 5.74) is 3.58. The van der Waals surface area contributed by atoms with Gasteiger partial charge >= 0.3 is 6.01 Å². The van der Waals surface area contributed by atoms with Crippen LogP contribution in [0.4, 0.5) is 21.7 Å². The SMILES string of the molecule is COc1nccc(-n2ccc(N3CCO[C@](C)(C(O)C(=O)Nc4cc(F)c5c(N)noc5c4)C3=O)n2)n1. The summed E-state index contributed by atoms with van der Waals surface area (Å²) in [4.78, 5) is 35.7. The highest BCUT2D eigenvalue weighted by Gasteiger charge is 2.51. The van der Waals surface area contributed by atoms with Gasteiger partial charge < -0.3 is 30.2 Å². The van der Waals surface area contributed by atoms with E-state index in [1.807, 2.05) is 0 Å². The third kappa shape index (κ3) is 4.19. The molecule has 0 bridgehead atoms. The molecule has 1 aliphatic rings. The number of halogens is 1. The van der Waals surface area contributed by atoms with Gasteiger partial charge in [0.2, 0.25) is 0 Å². The van der Waals surface area contributed by atoms with Gasteiger partial charge in [-0.3, -0.25) is 14.5 Å². The van der Waals surface area contributed by atoms with Gasteiger partial charge in [-0.2, -0.15) is 4.98 Å². The summed E-state index contributed by atoms with van der Waals surface area (Å²) in [6, 6.07) is 5.61. The van der Waals surface area contributed by atoms with Gasteiger partial charge in [-0.25, -0.2) is 14.1 Å². The Bertz CT molecular complexity index is 1510. The second kappa shape index (κ2) is 9.11.